The first-order valence-corrected chi connectivity index (χ1v) is 5.82. The summed E-state index contributed by atoms with van der Waals surface area (Å²) in [4.78, 5) is 0. The van der Waals surface area contributed by atoms with Crippen molar-refractivity contribution in [2.75, 3.05) is 0 Å². The number of hydrogen-bond acceptors (Lipinski definition) is 1. The number of allylic oxidation sites excluding steroid dienone is 1. The van der Waals surface area contributed by atoms with Gasteiger partial charge >= 0.3 is 0 Å². The maximum atomic E-state index is 9.67. The van der Waals surface area contributed by atoms with Crippen molar-refractivity contribution >= 4 is 17.7 Å². The van der Waals surface area contributed by atoms with Crippen molar-refractivity contribution in [1.29, 1.82) is 0 Å². The third-order valence-corrected chi connectivity index (χ3v) is 2.73. The zero-order chi connectivity index (χ0) is 12.1. The maximum absolute atomic E-state index is 9.67. The summed E-state index contributed by atoms with van der Waals surface area (Å²) in [5.41, 5.74) is 2.03. The number of benzene rings is 2. The molecule has 0 amide bonds. The van der Waals surface area contributed by atoms with Crippen molar-refractivity contribution in [1.82, 2.24) is 0 Å². The van der Waals surface area contributed by atoms with Gasteiger partial charge in [-0.1, -0.05) is 60.2 Å². The number of aromatic hydroxyl groups is 1. The summed E-state index contributed by atoms with van der Waals surface area (Å²) < 4.78 is 0. The molecule has 86 valence electrons. The van der Waals surface area contributed by atoms with Crippen LogP contribution in [-0.2, 0) is 6.42 Å². The average Bonchev–Trinajstić information content (AvgIpc) is 2.33. The Morgan fingerprint density at radius 3 is 2.53 bits per heavy atom. The van der Waals surface area contributed by atoms with E-state index in [1.54, 1.807) is 12.1 Å². The number of phenolic OH excluding ortho intramolecular Hbond substituents is 1. The van der Waals surface area contributed by atoms with Crippen molar-refractivity contribution < 1.29 is 5.11 Å². The first-order chi connectivity index (χ1) is 8.25. The third kappa shape index (κ3) is 3.36. The summed E-state index contributed by atoms with van der Waals surface area (Å²) in [5.74, 6) is 0.246. The lowest BCUT2D eigenvalue weighted by atomic mass is 10.1. The van der Waals surface area contributed by atoms with E-state index in [-0.39, 0.29) is 5.75 Å². The van der Waals surface area contributed by atoms with E-state index < -0.39 is 0 Å². The monoisotopic (exact) mass is 244 g/mol. The minimum absolute atomic E-state index is 0.246. The quantitative estimate of drug-likeness (QED) is 0.854. The molecular formula is C15H13ClO. The van der Waals surface area contributed by atoms with Crippen molar-refractivity contribution in [3.05, 3.63) is 70.8 Å². The number of halogens is 1. The van der Waals surface area contributed by atoms with Crippen LogP contribution in [0.2, 0.25) is 5.02 Å². The number of hydrogen-bond donors (Lipinski definition) is 1. The molecule has 17 heavy (non-hydrogen) atoms. The van der Waals surface area contributed by atoms with Gasteiger partial charge in [-0.25, -0.2) is 0 Å². The molecule has 0 bridgehead atoms. The van der Waals surface area contributed by atoms with Crippen molar-refractivity contribution in [2.24, 2.45) is 0 Å². The highest BCUT2D eigenvalue weighted by Gasteiger charge is 1.99. The van der Waals surface area contributed by atoms with Gasteiger partial charge in [-0.3, -0.25) is 0 Å². The lowest BCUT2D eigenvalue weighted by Gasteiger charge is -2.01. The molecule has 0 atom stereocenters. The molecule has 0 unspecified atom stereocenters. The second-order valence-corrected chi connectivity index (χ2v) is 4.23. The molecule has 0 radical (unpaired) electrons. The number of rotatable bonds is 3. The van der Waals surface area contributed by atoms with Gasteiger partial charge in [0.1, 0.15) is 5.75 Å². The normalized spacial score (nSPS) is 10.9. The van der Waals surface area contributed by atoms with E-state index in [0.29, 0.717) is 11.4 Å². The molecule has 0 fully saturated rings. The Morgan fingerprint density at radius 1 is 1.06 bits per heavy atom. The van der Waals surface area contributed by atoms with E-state index in [4.69, 9.17) is 11.6 Å². The molecule has 2 rings (SSSR count). The fraction of sp³-hybridized carbons (Fsp3) is 0.0667. The minimum Gasteiger partial charge on any atom is -0.508 e. The standard InChI is InChI=1S/C15H13ClO/c16-14-10-9-13(15(17)11-14)8-4-7-12-5-2-1-3-6-12/h1-7,9-11,17H,8H2/b7-4+. The molecule has 0 aliphatic heterocycles. The molecule has 0 saturated heterocycles. The van der Waals surface area contributed by atoms with E-state index >= 15 is 0 Å². The van der Waals surface area contributed by atoms with Crippen LogP contribution in [-0.4, -0.2) is 5.11 Å². The van der Waals surface area contributed by atoms with Crippen LogP contribution in [0.15, 0.2) is 54.6 Å². The van der Waals surface area contributed by atoms with Gasteiger partial charge in [0, 0.05) is 5.02 Å². The van der Waals surface area contributed by atoms with E-state index in [1.165, 1.54) is 0 Å². The highest BCUT2D eigenvalue weighted by molar-refractivity contribution is 6.30. The van der Waals surface area contributed by atoms with Crippen LogP contribution < -0.4 is 0 Å². The molecule has 1 nitrogen and oxygen atoms in total. The Hall–Kier alpha value is -1.73. The Balaban J connectivity index is 2.05. The zero-order valence-corrected chi connectivity index (χ0v) is 10.1. The molecule has 2 heteroatoms. The summed E-state index contributed by atoms with van der Waals surface area (Å²) >= 11 is 5.77. The van der Waals surface area contributed by atoms with Gasteiger partial charge in [-0.05, 0) is 29.7 Å². The SMILES string of the molecule is Oc1cc(Cl)ccc1C/C=C/c1ccccc1. The molecule has 0 spiro atoms. The van der Waals surface area contributed by atoms with Gasteiger partial charge in [-0.15, -0.1) is 0 Å². The maximum Gasteiger partial charge on any atom is 0.120 e. The predicted molar refractivity (Wildman–Crippen MR) is 72.3 cm³/mol. The van der Waals surface area contributed by atoms with Gasteiger partial charge in [0.05, 0.1) is 0 Å². The molecule has 0 aliphatic rings. The fourth-order valence-electron chi connectivity index (χ4n) is 1.60. The van der Waals surface area contributed by atoms with Gasteiger partial charge in [0.25, 0.3) is 0 Å². The first-order valence-electron chi connectivity index (χ1n) is 5.45. The highest BCUT2D eigenvalue weighted by atomic mass is 35.5. The van der Waals surface area contributed by atoms with Gasteiger partial charge < -0.3 is 5.11 Å². The van der Waals surface area contributed by atoms with Crippen LogP contribution >= 0.6 is 11.6 Å². The van der Waals surface area contributed by atoms with E-state index in [0.717, 1.165) is 11.1 Å². The average molecular weight is 245 g/mol. The van der Waals surface area contributed by atoms with Crippen LogP contribution in [0.25, 0.3) is 6.08 Å². The largest absolute Gasteiger partial charge is 0.508 e. The van der Waals surface area contributed by atoms with Gasteiger partial charge in [0.2, 0.25) is 0 Å². The smallest absolute Gasteiger partial charge is 0.120 e. The lowest BCUT2D eigenvalue weighted by molar-refractivity contribution is 0.470. The lowest BCUT2D eigenvalue weighted by Crippen LogP contribution is -1.82. The molecule has 1 N–H and O–H groups in total. The molecule has 0 saturated carbocycles. The predicted octanol–water partition coefficient (Wildman–Crippen LogP) is 4.30. The van der Waals surface area contributed by atoms with Crippen molar-refractivity contribution in [3.63, 3.8) is 0 Å². The summed E-state index contributed by atoms with van der Waals surface area (Å²) in [6, 6.07) is 15.3. The Labute approximate surface area is 106 Å². The Kier molecular flexibility index (Phi) is 3.84. The third-order valence-electron chi connectivity index (χ3n) is 2.49. The van der Waals surface area contributed by atoms with E-state index in [2.05, 4.69) is 0 Å². The molecule has 0 aliphatic carbocycles. The minimum atomic E-state index is 0.246. The van der Waals surface area contributed by atoms with Gasteiger partial charge in [-0.2, -0.15) is 0 Å². The molecular weight excluding hydrogens is 232 g/mol. The Morgan fingerprint density at radius 2 is 1.82 bits per heavy atom. The summed E-state index contributed by atoms with van der Waals surface area (Å²) in [5, 5.41) is 10.2. The molecule has 2 aromatic carbocycles. The van der Waals surface area contributed by atoms with Crippen LogP contribution in [0.5, 0.6) is 5.75 Å². The first kappa shape index (κ1) is 11.7. The van der Waals surface area contributed by atoms with Crippen LogP contribution in [0.3, 0.4) is 0 Å². The summed E-state index contributed by atoms with van der Waals surface area (Å²) in [6.45, 7) is 0. The Bertz CT molecular complexity index is 518. The summed E-state index contributed by atoms with van der Waals surface area (Å²) in [6.07, 6.45) is 4.75. The fourth-order valence-corrected chi connectivity index (χ4v) is 1.76. The zero-order valence-electron chi connectivity index (χ0n) is 9.31. The van der Waals surface area contributed by atoms with E-state index in [1.807, 2.05) is 48.6 Å². The summed E-state index contributed by atoms with van der Waals surface area (Å²) in [7, 11) is 0. The van der Waals surface area contributed by atoms with E-state index in [9.17, 15) is 5.11 Å². The van der Waals surface area contributed by atoms with Crippen molar-refractivity contribution in [3.8, 4) is 5.75 Å². The van der Waals surface area contributed by atoms with Crippen molar-refractivity contribution in [2.45, 2.75) is 6.42 Å². The molecule has 0 heterocycles. The van der Waals surface area contributed by atoms with Gasteiger partial charge in [0.15, 0.2) is 0 Å². The topological polar surface area (TPSA) is 20.2 Å². The second-order valence-electron chi connectivity index (χ2n) is 3.79. The molecule has 2 aromatic rings. The second kappa shape index (κ2) is 5.55. The highest BCUT2D eigenvalue weighted by Crippen LogP contribution is 2.22. The van der Waals surface area contributed by atoms with Crippen LogP contribution in [0.1, 0.15) is 11.1 Å². The van der Waals surface area contributed by atoms with Crippen LogP contribution in [0, 0.1) is 0 Å². The molecule has 0 aromatic heterocycles. The van der Waals surface area contributed by atoms with Crippen LogP contribution in [0.4, 0.5) is 0 Å². The number of phenols is 1.